The van der Waals surface area contributed by atoms with E-state index in [9.17, 15) is 19.8 Å². The van der Waals surface area contributed by atoms with Gasteiger partial charge in [0.15, 0.2) is 11.6 Å². The summed E-state index contributed by atoms with van der Waals surface area (Å²) in [6.07, 6.45) is 2.79. The van der Waals surface area contributed by atoms with Crippen LogP contribution in [0.3, 0.4) is 0 Å². The Morgan fingerprint density at radius 2 is 0.711 bits per heavy atom. The van der Waals surface area contributed by atoms with E-state index in [0.29, 0.717) is 22.3 Å². The van der Waals surface area contributed by atoms with Crippen molar-refractivity contribution in [2.45, 2.75) is 105 Å². The van der Waals surface area contributed by atoms with E-state index in [2.05, 4.69) is 0 Å². The van der Waals surface area contributed by atoms with Crippen LogP contribution in [-0.2, 0) is 31.2 Å². The van der Waals surface area contributed by atoms with Crippen LogP contribution in [0.1, 0.15) is 116 Å². The van der Waals surface area contributed by atoms with E-state index >= 15 is 0 Å². The Balaban J connectivity index is 2.28. The standard InChI is InChI=1S/C34H44O4/c1-31(2,3)24-13-19(14-25(29(24)37)32(4,5)6)22-17-21(35)18-23(28(22)36)20-15-26(33(7,8)9)30(38)27(16-20)34(10,11)12/h13-18,37-38H,1-12H3. The van der Waals surface area contributed by atoms with Gasteiger partial charge in [-0.05, 0) is 69.2 Å². The van der Waals surface area contributed by atoms with Gasteiger partial charge in [0.2, 0.25) is 0 Å². The van der Waals surface area contributed by atoms with Crippen LogP contribution in [0, 0.1) is 0 Å². The molecule has 2 aromatic rings. The average Bonchev–Trinajstić information content (AvgIpc) is 2.72. The molecule has 2 aromatic carbocycles. The van der Waals surface area contributed by atoms with Crippen LogP contribution < -0.4 is 0 Å². The minimum Gasteiger partial charge on any atom is -0.507 e. The molecule has 0 fully saturated rings. The SMILES string of the molecule is CC(C)(C)c1cc(C2=CC(=O)C=C(c3cc(C(C)(C)C)c(O)c(C(C)(C)C)c3)C2=O)cc(C(C)(C)C)c1O. The molecular weight excluding hydrogens is 472 g/mol. The van der Waals surface area contributed by atoms with Crippen molar-refractivity contribution in [1.82, 2.24) is 0 Å². The van der Waals surface area contributed by atoms with Crippen LogP contribution in [0.2, 0.25) is 0 Å². The van der Waals surface area contributed by atoms with Crippen LogP contribution in [0.25, 0.3) is 11.1 Å². The number of hydrogen-bond acceptors (Lipinski definition) is 4. The fourth-order valence-electron chi connectivity index (χ4n) is 4.90. The van der Waals surface area contributed by atoms with Gasteiger partial charge in [0.1, 0.15) is 11.5 Å². The van der Waals surface area contributed by atoms with Gasteiger partial charge in [-0.2, -0.15) is 0 Å². The molecule has 4 heteroatoms. The Labute approximate surface area is 228 Å². The first-order valence-electron chi connectivity index (χ1n) is 13.3. The molecule has 1 aliphatic carbocycles. The number of allylic oxidation sites excluding steroid dienone is 4. The van der Waals surface area contributed by atoms with E-state index in [1.54, 1.807) is 0 Å². The molecule has 1 aliphatic rings. The monoisotopic (exact) mass is 516 g/mol. The minimum absolute atomic E-state index is 0.225. The molecule has 2 N–H and O–H groups in total. The predicted octanol–water partition coefficient (Wildman–Crippen LogP) is 7.91. The molecule has 0 aromatic heterocycles. The van der Waals surface area contributed by atoms with Crippen molar-refractivity contribution in [2.24, 2.45) is 0 Å². The highest BCUT2D eigenvalue weighted by atomic mass is 16.3. The van der Waals surface area contributed by atoms with Gasteiger partial charge in [-0.15, -0.1) is 0 Å². The molecule has 0 amide bonds. The number of carbonyl (C=O) groups is 2. The number of ketones is 2. The molecule has 0 saturated carbocycles. The topological polar surface area (TPSA) is 74.6 Å². The summed E-state index contributed by atoms with van der Waals surface area (Å²) in [5.74, 6) is -0.0638. The van der Waals surface area contributed by atoms with E-state index in [-0.39, 0.29) is 44.7 Å². The molecule has 0 saturated heterocycles. The van der Waals surface area contributed by atoms with E-state index in [0.717, 1.165) is 22.3 Å². The molecule has 38 heavy (non-hydrogen) atoms. The molecular formula is C34H44O4. The van der Waals surface area contributed by atoms with Crippen LogP contribution >= 0.6 is 0 Å². The van der Waals surface area contributed by atoms with Crippen molar-refractivity contribution in [3.63, 3.8) is 0 Å². The van der Waals surface area contributed by atoms with E-state index in [1.165, 1.54) is 12.2 Å². The lowest BCUT2D eigenvalue weighted by atomic mass is 9.75. The summed E-state index contributed by atoms with van der Waals surface area (Å²) in [4.78, 5) is 27.1. The number of aromatic hydroxyl groups is 2. The van der Waals surface area contributed by atoms with Crippen molar-refractivity contribution in [3.8, 4) is 11.5 Å². The van der Waals surface area contributed by atoms with Crippen LogP contribution in [0.15, 0.2) is 36.4 Å². The van der Waals surface area contributed by atoms with E-state index in [4.69, 9.17) is 0 Å². The molecule has 204 valence electrons. The Morgan fingerprint density at radius 3 is 0.921 bits per heavy atom. The summed E-state index contributed by atoms with van der Waals surface area (Å²) in [5.41, 5.74) is 3.28. The summed E-state index contributed by atoms with van der Waals surface area (Å²) in [6.45, 7) is 24.2. The fourth-order valence-corrected chi connectivity index (χ4v) is 4.90. The van der Waals surface area contributed by atoms with Crippen LogP contribution in [0.5, 0.6) is 11.5 Å². The summed E-state index contributed by atoms with van der Waals surface area (Å²) >= 11 is 0. The normalized spacial score (nSPS) is 15.5. The first kappa shape index (κ1) is 29.4. The average molecular weight is 517 g/mol. The molecule has 0 bridgehead atoms. The Bertz CT molecular complexity index is 1200. The largest absolute Gasteiger partial charge is 0.507 e. The van der Waals surface area contributed by atoms with Crippen molar-refractivity contribution >= 4 is 22.7 Å². The lowest BCUT2D eigenvalue weighted by molar-refractivity contribution is -0.112. The van der Waals surface area contributed by atoms with Gasteiger partial charge in [0, 0.05) is 33.4 Å². The molecule has 0 unspecified atom stereocenters. The van der Waals surface area contributed by atoms with Gasteiger partial charge < -0.3 is 10.2 Å². The zero-order valence-corrected chi connectivity index (χ0v) is 25.2. The van der Waals surface area contributed by atoms with Crippen molar-refractivity contribution < 1.29 is 19.8 Å². The van der Waals surface area contributed by atoms with Crippen molar-refractivity contribution in [1.29, 1.82) is 0 Å². The van der Waals surface area contributed by atoms with Crippen molar-refractivity contribution in [3.05, 3.63) is 69.8 Å². The summed E-state index contributed by atoms with van der Waals surface area (Å²) in [7, 11) is 0. The second-order valence-corrected chi connectivity index (χ2v) is 14.7. The summed E-state index contributed by atoms with van der Waals surface area (Å²) in [5, 5.41) is 22.3. The molecule has 0 spiro atoms. The highest BCUT2D eigenvalue weighted by molar-refractivity contribution is 6.48. The number of rotatable bonds is 2. The number of hydrogen-bond donors (Lipinski definition) is 2. The lowest BCUT2D eigenvalue weighted by Crippen LogP contribution is -2.20. The lowest BCUT2D eigenvalue weighted by Gasteiger charge is -2.29. The number of Topliss-reactive ketones (excluding diaryl/α,β-unsaturated/α-hetero) is 1. The third-order valence-corrected chi connectivity index (χ3v) is 7.14. The number of carbonyl (C=O) groups excluding carboxylic acids is 2. The molecule has 4 nitrogen and oxygen atoms in total. The Kier molecular flexibility index (Phi) is 7.16. The third-order valence-electron chi connectivity index (χ3n) is 7.14. The Morgan fingerprint density at radius 1 is 0.474 bits per heavy atom. The number of benzene rings is 2. The van der Waals surface area contributed by atoms with Gasteiger partial charge in [-0.3, -0.25) is 9.59 Å². The molecule has 3 rings (SSSR count). The second kappa shape index (κ2) is 9.25. The van der Waals surface area contributed by atoms with Gasteiger partial charge in [0.25, 0.3) is 0 Å². The maximum absolute atomic E-state index is 14.1. The minimum atomic E-state index is -0.374. The smallest absolute Gasteiger partial charge is 0.194 e. The molecule has 0 aliphatic heterocycles. The van der Waals surface area contributed by atoms with E-state index in [1.807, 2.05) is 107 Å². The fraction of sp³-hybridized carbons (Fsp3) is 0.471. The zero-order chi connectivity index (χ0) is 29.2. The Hall–Kier alpha value is -3.14. The first-order valence-corrected chi connectivity index (χ1v) is 13.3. The molecule has 0 atom stereocenters. The first-order chi connectivity index (χ1) is 17.0. The van der Waals surface area contributed by atoms with Gasteiger partial charge in [-0.1, -0.05) is 83.1 Å². The number of phenols is 2. The summed E-state index contributed by atoms with van der Waals surface area (Å²) in [6, 6.07) is 7.34. The highest BCUT2D eigenvalue weighted by Gasteiger charge is 2.33. The quantitative estimate of drug-likeness (QED) is 0.398. The van der Waals surface area contributed by atoms with Gasteiger partial charge in [-0.25, -0.2) is 0 Å². The van der Waals surface area contributed by atoms with Crippen LogP contribution in [0.4, 0.5) is 0 Å². The molecule has 0 radical (unpaired) electrons. The van der Waals surface area contributed by atoms with Gasteiger partial charge >= 0.3 is 0 Å². The second-order valence-electron chi connectivity index (χ2n) is 14.7. The maximum atomic E-state index is 14.1. The maximum Gasteiger partial charge on any atom is 0.194 e. The van der Waals surface area contributed by atoms with Crippen LogP contribution in [-0.4, -0.2) is 21.8 Å². The zero-order valence-electron chi connectivity index (χ0n) is 25.2. The predicted molar refractivity (Wildman–Crippen MR) is 157 cm³/mol. The third kappa shape index (κ3) is 5.65. The number of phenolic OH excluding ortho intramolecular Hbond substituents is 2. The summed E-state index contributed by atoms with van der Waals surface area (Å²) < 4.78 is 0. The molecule has 0 heterocycles. The highest BCUT2D eigenvalue weighted by Crippen LogP contribution is 2.44. The van der Waals surface area contributed by atoms with Gasteiger partial charge in [0.05, 0.1) is 0 Å². The van der Waals surface area contributed by atoms with E-state index < -0.39 is 0 Å². The van der Waals surface area contributed by atoms with Crippen molar-refractivity contribution in [2.75, 3.05) is 0 Å².